The number of nitrogens with one attached hydrogen (secondary N) is 1. The van der Waals surface area contributed by atoms with E-state index in [2.05, 4.69) is 5.32 Å². The van der Waals surface area contributed by atoms with Crippen molar-refractivity contribution in [1.29, 1.82) is 0 Å². The molecule has 1 N–H and O–H groups in total. The molecule has 2 aromatic rings. The first kappa shape index (κ1) is 16.4. The maximum Gasteiger partial charge on any atom is 0.255 e. The summed E-state index contributed by atoms with van der Waals surface area (Å²) in [5.74, 6) is -2.00. The highest BCUT2D eigenvalue weighted by molar-refractivity contribution is 7.92. The number of nitrogens with zero attached hydrogens (tertiary/aromatic N) is 1. The smallest absolute Gasteiger partial charge is 0.255 e. The Labute approximate surface area is 138 Å². The van der Waals surface area contributed by atoms with Gasteiger partial charge in [-0.3, -0.25) is 9.10 Å². The number of carbonyl (C=O) groups is 1. The lowest BCUT2D eigenvalue weighted by Gasteiger charge is -2.16. The van der Waals surface area contributed by atoms with Gasteiger partial charge in [0.2, 0.25) is 10.0 Å². The fraction of sp³-hybridized carbons (Fsp3) is 0.188. The van der Waals surface area contributed by atoms with Gasteiger partial charge in [-0.1, -0.05) is 0 Å². The summed E-state index contributed by atoms with van der Waals surface area (Å²) >= 11 is 0. The molecule has 8 heteroatoms. The lowest BCUT2D eigenvalue weighted by atomic mass is 10.1. The number of halogens is 2. The van der Waals surface area contributed by atoms with Gasteiger partial charge in [0.15, 0.2) is 0 Å². The molecule has 0 spiro atoms. The van der Waals surface area contributed by atoms with Gasteiger partial charge in [0.05, 0.1) is 17.6 Å². The van der Waals surface area contributed by atoms with E-state index in [1.807, 2.05) is 0 Å². The molecular weight excluding hydrogens is 338 g/mol. The molecule has 5 nitrogen and oxygen atoms in total. The zero-order chi connectivity index (χ0) is 17.5. The van der Waals surface area contributed by atoms with Gasteiger partial charge in [-0.25, -0.2) is 17.2 Å². The molecule has 0 saturated carbocycles. The number of hydrogen-bond donors (Lipinski definition) is 1. The van der Waals surface area contributed by atoms with Crippen LogP contribution >= 0.6 is 0 Å². The van der Waals surface area contributed by atoms with Crippen molar-refractivity contribution in [2.24, 2.45) is 0 Å². The minimum absolute atomic E-state index is 0.243. The molecule has 0 fully saturated rings. The van der Waals surface area contributed by atoms with Gasteiger partial charge in [0.1, 0.15) is 11.6 Å². The molecule has 3 rings (SSSR count). The van der Waals surface area contributed by atoms with Crippen molar-refractivity contribution in [2.75, 3.05) is 22.4 Å². The Balaban J connectivity index is 1.86. The van der Waals surface area contributed by atoms with E-state index in [0.717, 1.165) is 24.5 Å². The summed E-state index contributed by atoms with van der Waals surface area (Å²) in [6.07, 6.45) is 1.60. The topological polar surface area (TPSA) is 66.5 Å². The second-order valence-electron chi connectivity index (χ2n) is 5.51. The number of carbonyl (C=O) groups excluding carboxylic acids is 1. The number of rotatable bonds is 3. The first-order valence-corrected chi connectivity index (χ1v) is 8.97. The van der Waals surface area contributed by atoms with Crippen molar-refractivity contribution in [3.05, 3.63) is 59.2 Å². The highest BCUT2D eigenvalue weighted by atomic mass is 32.2. The Morgan fingerprint density at radius 2 is 1.92 bits per heavy atom. The van der Waals surface area contributed by atoms with Crippen LogP contribution in [-0.2, 0) is 16.4 Å². The average molecular weight is 352 g/mol. The van der Waals surface area contributed by atoms with Crippen LogP contribution in [0.1, 0.15) is 15.9 Å². The van der Waals surface area contributed by atoms with Crippen LogP contribution in [0.25, 0.3) is 0 Å². The Morgan fingerprint density at radius 1 is 1.17 bits per heavy atom. The number of benzene rings is 2. The number of sulfonamides is 1. The highest BCUT2D eigenvalue weighted by Gasteiger charge is 2.26. The quantitative estimate of drug-likeness (QED) is 0.923. The second-order valence-corrected chi connectivity index (χ2v) is 7.41. The molecule has 24 heavy (non-hydrogen) atoms. The standard InChI is InChI=1S/C16H14F2N2O3S/c1-24(22,23)20-7-6-10-8-11(2-5-15(10)20)16(21)19-14-9-12(17)3-4-13(14)18/h2-5,8-9H,6-7H2,1H3,(H,19,21). The van der Waals surface area contributed by atoms with Crippen molar-refractivity contribution in [3.63, 3.8) is 0 Å². The minimum Gasteiger partial charge on any atom is -0.319 e. The molecule has 1 amide bonds. The molecule has 0 bridgehead atoms. The predicted molar refractivity (Wildman–Crippen MR) is 86.6 cm³/mol. The molecule has 126 valence electrons. The van der Waals surface area contributed by atoms with E-state index in [9.17, 15) is 22.0 Å². The molecule has 0 radical (unpaired) electrons. The first-order valence-electron chi connectivity index (χ1n) is 7.13. The van der Waals surface area contributed by atoms with Gasteiger partial charge in [-0.15, -0.1) is 0 Å². The number of hydrogen-bond acceptors (Lipinski definition) is 3. The normalized spacial score (nSPS) is 13.7. The fourth-order valence-electron chi connectivity index (χ4n) is 2.64. The van der Waals surface area contributed by atoms with Crippen LogP contribution in [0, 0.1) is 11.6 Å². The SMILES string of the molecule is CS(=O)(=O)N1CCc2cc(C(=O)Nc3cc(F)ccc3F)ccc21. The summed E-state index contributed by atoms with van der Waals surface area (Å²) < 4.78 is 51.4. The zero-order valence-electron chi connectivity index (χ0n) is 12.7. The van der Waals surface area contributed by atoms with E-state index >= 15 is 0 Å². The van der Waals surface area contributed by atoms with Crippen molar-refractivity contribution < 1.29 is 22.0 Å². The summed E-state index contributed by atoms with van der Waals surface area (Å²) in [6, 6.07) is 7.34. The summed E-state index contributed by atoms with van der Waals surface area (Å²) in [6.45, 7) is 0.317. The van der Waals surface area contributed by atoms with E-state index < -0.39 is 27.6 Å². The van der Waals surface area contributed by atoms with E-state index in [-0.39, 0.29) is 11.3 Å². The van der Waals surface area contributed by atoms with Gasteiger partial charge in [-0.2, -0.15) is 0 Å². The molecule has 2 aromatic carbocycles. The largest absolute Gasteiger partial charge is 0.319 e. The Kier molecular flexibility index (Phi) is 4.00. The predicted octanol–water partition coefficient (Wildman–Crippen LogP) is 2.54. The van der Waals surface area contributed by atoms with Gasteiger partial charge in [0.25, 0.3) is 5.91 Å². The highest BCUT2D eigenvalue weighted by Crippen LogP contribution is 2.31. The zero-order valence-corrected chi connectivity index (χ0v) is 13.5. The molecule has 0 aromatic heterocycles. The maximum absolute atomic E-state index is 13.6. The third-order valence-electron chi connectivity index (χ3n) is 3.77. The number of fused-ring (bicyclic) bond motifs is 1. The average Bonchev–Trinajstić information content (AvgIpc) is 2.94. The molecular formula is C16H14F2N2O3S. The number of amides is 1. The Hall–Kier alpha value is -2.48. The second kappa shape index (κ2) is 5.86. The summed E-state index contributed by atoms with van der Waals surface area (Å²) in [4.78, 5) is 12.2. The Morgan fingerprint density at radius 3 is 2.62 bits per heavy atom. The lowest BCUT2D eigenvalue weighted by molar-refractivity contribution is 0.102. The van der Waals surface area contributed by atoms with Crippen LogP contribution in [0.15, 0.2) is 36.4 Å². The first-order chi connectivity index (χ1) is 11.3. The van der Waals surface area contributed by atoms with Crippen LogP contribution in [-0.4, -0.2) is 27.1 Å². The lowest BCUT2D eigenvalue weighted by Crippen LogP contribution is -2.27. The van der Waals surface area contributed by atoms with E-state index in [4.69, 9.17) is 0 Å². The van der Waals surface area contributed by atoms with Crippen LogP contribution in [0.5, 0.6) is 0 Å². The third kappa shape index (κ3) is 3.09. The van der Waals surface area contributed by atoms with Gasteiger partial charge in [-0.05, 0) is 42.3 Å². The third-order valence-corrected chi connectivity index (χ3v) is 4.95. The summed E-state index contributed by atoms with van der Waals surface area (Å²) in [7, 11) is -3.37. The van der Waals surface area contributed by atoms with Crippen molar-refractivity contribution in [3.8, 4) is 0 Å². The molecule has 0 unspecified atom stereocenters. The molecule has 0 saturated heterocycles. The Bertz CT molecular complexity index is 929. The van der Waals surface area contributed by atoms with E-state index in [1.54, 1.807) is 12.1 Å². The van der Waals surface area contributed by atoms with Crippen molar-refractivity contribution in [2.45, 2.75) is 6.42 Å². The van der Waals surface area contributed by atoms with Crippen molar-refractivity contribution in [1.82, 2.24) is 0 Å². The molecule has 0 aliphatic carbocycles. The number of anilines is 2. The van der Waals surface area contributed by atoms with Gasteiger partial charge in [0, 0.05) is 18.2 Å². The van der Waals surface area contributed by atoms with Crippen LogP contribution < -0.4 is 9.62 Å². The fourth-order valence-corrected chi connectivity index (χ4v) is 3.60. The minimum atomic E-state index is -3.37. The van der Waals surface area contributed by atoms with E-state index in [0.29, 0.717) is 24.2 Å². The molecule has 0 atom stereocenters. The monoisotopic (exact) mass is 352 g/mol. The van der Waals surface area contributed by atoms with Crippen LogP contribution in [0.4, 0.5) is 20.2 Å². The van der Waals surface area contributed by atoms with Crippen molar-refractivity contribution >= 4 is 27.3 Å². The maximum atomic E-state index is 13.6. The molecule has 1 aliphatic heterocycles. The summed E-state index contributed by atoms with van der Waals surface area (Å²) in [5.41, 5.74) is 1.24. The molecule has 1 heterocycles. The van der Waals surface area contributed by atoms with Crippen LogP contribution in [0.2, 0.25) is 0 Å². The van der Waals surface area contributed by atoms with Gasteiger partial charge < -0.3 is 5.32 Å². The van der Waals surface area contributed by atoms with Crippen LogP contribution in [0.3, 0.4) is 0 Å². The molecule has 1 aliphatic rings. The van der Waals surface area contributed by atoms with E-state index in [1.165, 1.54) is 10.4 Å². The van der Waals surface area contributed by atoms with Gasteiger partial charge >= 0.3 is 0 Å². The summed E-state index contributed by atoms with van der Waals surface area (Å²) in [5, 5.41) is 2.31.